The summed E-state index contributed by atoms with van der Waals surface area (Å²) < 4.78 is 10.1. The molecule has 0 saturated carbocycles. The van der Waals surface area contributed by atoms with Crippen LogP contribution in [0.3, 0.4) is 0 Å². The minimum absolute atomic E-state index is 1.06. The lowest BCUT2D eigenvalue weighted by Gasteiger charge is -2.08. The van der Waals surface area contributed by atoms with E-state index in [0.717, 1.165) is 6.26 Å². The maximum atomic E-state index is 10.1. The molecule has 0 bridgehead atoms. The number of rotatable bonds is 0. The number of hydrogen-bond acceptors (Lipinski definition) is 1. The highest BCUT2D eigenvalue weighted by atomic mass is 36.2. The molecular weight excluding hydrogens is 166 g/mol. The van der Waals surface area contributed by atoms with E-state index in [1.165, 1.54) is 0 Å². The van der Waals surface area contributed by atoms with Gasteiger partial charge >= 0.3 is 0 Å². The monoisotopic (exact) mass is 168 g/mol. The molecule has 0 atom stereocenters. The van der Waals surface area contributed by atoms with Gasteiger partial charge in [-0.3, -0.25) is 0 Å². The van der Waals surface area contributed by atoms with E-state index in [0.29, 0.717) is 0 Å². The molecule has 0 aliphatic carbocycles. The largest absolute Gasteiger partial charge is 0.239 e. The standard InChI is InChI=1S/CH3Cl3OS/c1-6(2,3,4)5/h1H3. The van der Waals surface area contributed by atoms with Crippen LogP contribution < -0.4 is 0 Å². The van der Waals surface area contributed by atoms with Crippen molar-refractivity contribution in [1.82, 2.24) is 0 Å². The predicted molar refractivity (Wildman–Crippen MR) is 31.6 cm³/mol. The second kappa shape index (κ2) is 1.25. The fraction of sp³-hybridized carbons (Fsp3) is 1.00. The van der Waals surface area contributed by atoms with E-state index in [-0.39, 0.29) is 0 Å². The van der Waals surface area contributed by atoms with Gasteiger partial charge in [-0.1, -0.05) is 0 Å². The Balaban J connectivity index is 4.16. The van der Waals surface area contributed by atoms with E-state index in [1.807, 2.05) is 0 Å². The van der Waals surface area contributed by atoms with Crippen LogP contribution in [0, 0.1) is 0 Å². The Labute approximate surface area is 49.5 Å². The third-order valence-corrected chi connectivity index (χ3v) is 0. The van der Waals surface area contributed by atoms with Crippen LogP contribution in [0.2, 0.25) is 0 Å². The molecule has 0 fully saturated rings. The summed E-state index contributed by atoms with van der Waals surface area (Å²) in [5.74, 6) is 0. The Kier molecular flexibility index (Phi) is 1.46. The van der Waals surface area contributed by atoms with Crippen molar-refractivity contribution in [2.45, 2.75) is 0 Å². The van der Waals surface area contributed by atoms with Crippen LogP contribution in [-0.4, -0.2) is 10.5 Å². The predicted octanol–water partition coefficient (Wildman–Crippen LogP) is 1.90. The van der Waals surface area contributed by atoms with Crippen LogP contribution in [0.1, 0.15) is 0 Å². The lowest BCUT2D eigenvalue weighted by Crippen LogP contribution is -1.98. The molecule has 0 aliphatic rings. The van der Waals surface area contributed by atoms with Crippen LogP contribution in [-0.2, 0) is 6.71 Å². The zero-order valence-electron chi connectivity index (χ0n) is 2.95. The van der Waals surface area contributed by atoms with Gasteiger partial charge in [-0.05, 0) is 32.0 Å². The van der Waals surface area contributed by atoms with E-state index in [9.17, 15) is 4.21 Å². The molecule has 0 spiro atoms. The van der Waals surface area contributed by atoms with Crippen LogP contribution in [0.25, 0.3) is 0 Å². The second-order valence-corrected chi connectivity index (χ2v) is 11.1. The van der Waals surface area contributed by atoms with E-state index in [1.54, 1.807) is 0 Å². The third kappa shape index (κ3) is 78.0. The van der Waals surface area contributed by atoms with E-state index in [2.05, 4.69) is 0 Å². The Morgan fingerprint density at radius 3 is 1.33 bits per heavy atom. The van der Waals surface area contributed by atoms with E-state index in [4.69, 9.17) is 32.0 Å². The SMILES string of the molecule is CS(=O)(Cl)(Cl)Cl. The number of halogens is 3. The van der Waals surface area contributed by atoms with Crippen molar-refractivity contribution < 1.29 is 4.21 Å². The minimum Gasteiger partial charge on any atom is -0.239 e. The first-order valence-corrected chi connectivity index (χ1v) is 5.89. The first kappa shape index (κ1) is 7.02. The fourth-order valence-electron chi connectivity index (χ4n) is 0. The number of hydrogen-bond donors (Lipinski definition) is 0. The van der Waals surface area contributed by atoms with Gasteiger partial charge in [0.15, 0.2) is 0 Å². The van der Waals surface area contributed by atoms with Crippen molar-refractivity contribution in [1.29, 1.82) is 0 Å². The van der Waals surface area contributed by atoms with Gasteiger partial charge in [-0.25, -0.2) is 4.21 Å². The first-order valence-electron chi connectivity index (χ1n) is 1.04. The molecule has 0 saturated heterocycles. The minimum atomic E-state index is -3.68. The van der Waals surface area contributed by atoms with Gasteiger partial charge in [0.25, 0.3) is 0 Å². The lowest BCUT2D eigenvalue weighted by molar-refractivity contribution is 0.689. The molecule has 0 amide bonds. The molecule has 0 radical (unpaired) electrons. The van der Waals surface area contributed by atoms with Crippen LogP contribution in [0.5, 0.6) is 0 Å². The Morgan fingerprint density at radius 1 is 1.33 bits per heavy atom. The molecule has 5 heteroatoms. The summed E-state index contributed by atoms with van der Waals surface area (Å²) in [6.45, 7) is -3.68. The zero-order valence-corrected chi connectivity index (χ0v) is 6.03. The molecule has 0 unspecified atom stereocenters. The summed E-state index contributed by atoms with van der Waals surface area (Å²) in [4.78, 5) is 0. The Morgan fingerprint density at radius 2 is 1.33 bits per heavy atom. The average Bonchev–Trinajstić information content (AvgIpc) is 0.650. The highest BCUT2D eigenvalue weighted by molar-refractivity contribution is 8.67. The topological polar surface area (TPSA) is 17.1 Å². The van der Waals surface area contributed by atoms with Crippen LogP contribution in [0.4, 0.5) is 0 Å². The molecule has 0 rings (SSSR count). The maximum Gasteiger partial charge on any atom is 0.110 e. The van der Waals surface area contributed by atoms with Gasteiger partial charge in [0.1, 0.15) is 6.71 Å². The van der Waals surface area contributed by atoms with Crippen molar-refractivity contribution in [3.8, 4) is 0 Å². The molecule has 0 aliphatic heterocycles. The molecule has 0 aromatic carbocycles. The van der Waals surface area contributed by atoms with Gasteiger partial charge in [-0.15, -0.1) is 0 Å². The summed E-state index contributed by atoms with van der Waals surface area (Å²) in [5, 5.41) is 0. The van der Waals surface area contributed by atoms with Crippen molar-refractivity contribution in [3.05, 3.63) is 0 Å². The molecule has 1 nitrogen and oxygen atoms in total. The molecule has 0 aromatic rings. The maximum absolute atomic E-state index is 10.1. The van der Waals surface area contributed by atoms with Crippen molar-refractivity contribution >= 4 is 38.8 Å². The molecule has 40 valence electrons. The molecule has 0 N–H and O–H groups in total. The first-order chi connectivity index (χ1) is 2.24. The van der Waals surface area contributed by atoms with Crippen LogP contribution >= 0.6 is 32.0 Å². The highest BCUT2D eigenvalue weighted by Gasteiger charge is 2.17. The summed E-state index contributed by atoms with van der Waals surface area (Å²) >= 11 is 0. The van der Waals surface area contributed by atoms with Gasteiger partial charge in [0.05, 0.1) is 0 Å². The van der Waals surface area contributed by atoms with E-state index < -0.39 is 6.71 Å². The van der Waals surface area contributed by atoms with E-state index >= 15 is 0 Å². The van der Waals surface area contributed by atoms with Crippen molar-refractivity contribution in [3.63, 3.8) is 0 Å². The lowest BCUT2D eigenvalue weighted by atomic mass is 12.0. The zero-order chi connectivity index (χ0) is 5.45. The van der Waals surface area contributed by atoms with Crippen molar-refractivity contribution in [2.75, 3.05) is 6.26 Å². The molecule has 6 heavy (non-hydrogen) atoms. The Bertz CT molecular complexity index is 88.5. The summed E-state index contributed by atoms with van der Waals surface area (Å²) in [7, 11) is 14.6. The summed E-state index contributed by atoms with van der Waals surface area (Å²) in [6, 6.07) is 0. The summed E-state index contributed by atoms with van der Waals surface area (Å²) in [5.41, 5.74) is 0. The highest BCUT2D eigenvalue weighted by Crippen LogP contribution is 2.37. The van der Waals surface area contributed by atoms with Crippen molar-refractivity contribution in [2.24, 2.45) is 0 Å². The van der Waals surface area contributed by atoms with Crippen LogP contribution in [0.15, 0.2) is 0 Å². The quantitative estimate of drug-likeness (QED) is 0.506. The molecule has 0 heterocycles. The normalized spacial score (nSPS) is 19.0. The van der Waals surface area contributed by atoms with Gasteiger partial charge < -0.3 is 0 Å². The van der Waals surface area contributed by atoms with Gasteiger partial charge in [0, 0.05) is 6.26 Å². The Hall–Kier alpha value is 1.02. The average molecular weight is 169 g/mol. The molecule has 0 aromatic heterocycles. The smallest absolute Gasteiger partial charge is 0.110 e. The second-order valence-electron chi connectivity index (χ2n) is 0.994. The fourth-order valence-corrected chi connectivity index (χ4v) is 0. The van der Waals surface area contributed by atoms with Gasteiger partial charge in [-0.2, -0.15) is 0 Å². The third-order valence-electron chi connectivity index (χ3n) is 0. The summed E-state index contributed by atoms with van der Waals surface area (Å²) in [6.07, 6.45) is 1.06. The van der Waals surface area contributed by atoms with Gasteiger partial charge in [0.2, 0.25) is 0 Å². The molecular formula is CH3Cl3OS.